The number of nitrogens with zero attached hydrogens (tertiary/aromatic N) is 2. The van der Waals surface area contributed by atoms with Crippen LogP contribution in [-0.2, 0) is 30.8 Å². The third-order valence-corrected chi connectivity index (χ3v) is 7.18. The summed E-state index contributed by atoms with van der Waals surface area (Å²) in [5.74, 6) is -5.42. The molecule has 0 bridgehead atoms. The van der Waals surface area contributed by atoms with Gasteiger partial charge >= 0.3 is 12.1 Å². The lowest BCUT2D eigenvalue weighted by Crippen LogP contribution is -2.46. The maximum atomic E-state index is 13.2. The van der Waals surface area contributed by atoms with Gasteiger partial charge in [-0.3, -0.25) is 9.59 Å². The van der Waals surface area contributed by atoms with Crippen molar-refractivity contribution >= 4 is 50.2 Å². The highest BCUT2D eigenvalue weighted by molar-refractivity contribution is 7.90. The lowest BCUT2D eigenvalue weighted by molar-refractivity contribution is -0.192. The molecule has 2 amide bonds. The van der Waals surface area contributed by atoms with Crippen molar-refractivity contribution in [2.24, 2.45) is 22.4 Å². The van der Waals surface area contributed by atoms with Crippen molar-refractivity contribution < 1.29 is 41.1 Å². The Bertz CT molecular complexity index is 1550. The first-order valence-electron chi connectivity index (χ1n) is 12.4. The molecule has 0 aliphatic rings. The number of guanidine groups is 1. The number of hydrogen-bond donors (Lipinski definition) is 4. The van der Waals surface area contributed by atoms with Crippen LogP contribution < -0.4 is 16.2 Å². The molecule has 226 valence electrons. The number of carboxylic acid groups (broad SMARTS) is 1. The monoisotopic (exact) mass is 609 g/mol. The van der Waals surface area contributed by atoms with Gasteiger partial charge in [0.1, 0.15) is 5.92 Å². The average molecular weight is 610 g/mol. The minimum Gasteiger partial charge on any atom is -0.475 e. The van der Waals surface area contributed by atoms with Crippen LogP contribution in [0.4, 0.5) is 18.9 Å². The Balaban J connectivity index is 0.000000782. The van der Waals surface area contributed by atoms with Crippen molar-refractivity contribution in [2.45, 2.75) is 31.3 Å². The first kappa shape index (κ1) is 33.5. The second-order valence-electron chi connectivity index (χ2n) is 8.75. The van der Waals surface area contributed by atoms with Crippen LogP contribution in [0, 0.1) is 5.92 Å². The van der Waals surface area contributed by atoms with Crippen molar-refractivity contribution in [1.29, 1.82) is 0 Å². The van der Waals surface area contributed by atoms with E-state index in [1.807, 2.05) is 12.1 Å². The van der Waals surface area contributed by atoms with E-state index in [4.69, 9.17) is 21.4 Å². The molecule has 1 atom stereocenters. The number of alkyl halides is 3. The zero-order valence-corrected chi connectivity index (χ0v) is 23.4. The first-order valence-corrected chi connectivity index (χ1v) is 13.9. The number of benzene rings is 3. The predicted molar refractivity (Wildman–Crippen MR) is 150 cm³/mol. The third kappa shape index (κ3) is 9.47. The van der Waals surface area contributed by atoms with Gasteiger partial charge < -0.3 is 21.5 Å². The molecule has 0 aromatic heterocycles. The fourth-order valence-corrected chi connectivity index (χ4v) is 4.79. The van der Waals surface area contributed by atoms with E-state index < -0.39 is 39.9 Å². The normalized spacial score (nSPS) is 11.9. The van der Waals surface area contributed by atoms with Crippen LogP contribution in [0.2, 0.25) is 0 Å². The average Bonchev–Trinajstić information content (AvgIpc) is 2.92. The van der Waals surface area contributed by atoms with Crippen molar-refractivity contribution in [3.63, 3.8) is 0 Å². The van der Waals surface area contributed by atoms with Crippen LogP contribution in [0.5, 0.6) is 0 Å². The van der Waals surface area contributed by atoms with Gasteiger partial charge in [-0.15, -0.1) is 0 Å². The maximum Gasteiger partial charge on any atom is 0.490 e. The summed E-state index contributed by atoms with van der Waals surface area (Å²) in [5.41, 5.74) is 12.0. The van der Waals surface area contributed by atoms with Gasteiger partial charge in [0.05, 0.1) is 10.6 Å². The molecular weight excluding hydrogens is 579 g/mol. The molecule has 0 saturated carbocycles. The Labute approximate surface area is 240 Å². The molecule has 0 fully saturated rings. The Morgan fingerprint density at radius 3 is 2.00 bits per heavy atom. The van der Waals surface area contributed by atoms with Gasteiger partial charge in [0.2, 0.25) is 11.8 Å². The minimum absolute atomic E-state index is 0.0104. The molecule has 3 rings (SSSR count). The highest BCUT2D eigenvalue weighted by Crippen LogP contribution is 2.21. The Kier molecular flexibility index (Phi) is 11.4. The minimum atomic E-state index is -5.08. The molecule has 3 aromatic rings. The number of rotatable bonds is 9. The number of nitrogens with two attached hydrogens (primary N) is 2. The molecule has 0 aliphatic carbocycles. The fraction of sp³-hybridized carbons (Fsp3) is 0.259. The smallest absolute Gasteiger partial charge is 0.475 e. The summed E-state index contributed by atoms with van der Waals surface area (Å²) in [7, 11) is -4.20. The van der Waals surface area contributed by atoms with E-state index >= 15 is 0 Å². The summed E-state index contributed by atoms with van der Waals surface area (Å²) < 4.78 is 59.9. The standard InChI is InChI=1S/C25H29N5O4S.C2HF3O2/c1-3-30(4-2)24(32)22(15-17-9-12-20(13-10-17)28-25(26)27)23(31)29-35(33,34)21-14-11-18-7-5-6-8-19(18)16-21;3-2(4,5)1(6)7/h5-14,16,22H,3-4,15H2,1-2H3,(H,29,31)(H4,26,27,28);(H,6,7). The predicted octanol–water partition coefficient (Wildman–Crippen LogP) is 2.91. The molecule has 0 heterocycles. The van der Waals surface area contributed by atoms with Crippen LogP contribution in [0.3, 0.4) is 0 Å². The number of aliphatic imine (C=N–C) groups is 1. The van der Waals surface area contributed by atoms with Gasteiger partial charge in [0.25, 0.3) is 10.0 Å². The molecule has 0 saturated heterocycles. The van der Waals surface area contributed by atoms with Crippen LogP contribution >= 0.6 is 0 Å². The number of halogens is 3. The van der Waals surface area contributed by atoms with Gasteiger partial charge in [-0.05, 0) is 60.9 Å². The number of fused-ring (bicyclic) bond motifs is 1. The molecular formula is C27H30F3N5O6S. The second-order valence-corrected chi connectivity index (χ2v) is 10.4. The van der Waals surface area contributed by atoms with Crippen molar-refractivity contribution in [3.05, 3.63) is 72.3 Å². The number of carboxylic acids is 1. The number of sulfonamides is 1. The van der Waals surface area contributed by atoms with Gasteiger partial charge in [-0.2, -0.15) is 13.2 Å². The molecule has 6 N–H and O–H groups in total. The topological polar surface area (TPSA) is 185 Å². The fourth-order valence-electron chi connectivity index (χ4n) is 3.74. The summed E-state index contributed by atoms with van der Waals surface area (Å²) in [5, 5.41) is 8.72. The zero-order chi connectivity index (χ0) is 31.7. The summed E-state index contributed by atoms with van der Waals surface area (Å²) in [4.78, 5) is 40.7. The van der Waals surface area contributed by atoms with E-state index in [-0.39, 0.29) is 17.3 Å². The van der Waals surface area contributed by atoms with Crippen LogP contribution in [-0.4, -0.2) is 61.4 Å². The molecule has 0 radical (unpaired) electrons. The summed E-state index contributed by atoms with van der Waals surface area (Å²) in [6.07, 6.45) is -5.07. The summed E-state index contributed by atoms with van der Waals surface area (Å²) in [6, 6.07) is 18.6. The highest BCUT2D eigenvalue weighted by atomic mass is 32.2. The van der Waals surface area contributed by atoms with E-state index in [9.17, 15) is 31.2 Å². The number of nitrogens with one attached hydrogen (secondary N) is 1. The van der Waals surface area contributed by atoms with E-state index in [0.717, 1.165) is 10.8 Å². The zero-order valence-electron chi connectivity index (χ0n) is 22.6. The lowest BCUT2D eigenvalue weighted by atomic mass is 9.97. The van der Waals surface area contributed by atoms with Crippen LogP contribution in [0.1, 0.15) is 19.4 Å². The van der Waals surface area contributed by atoms with Gasteiger partial charge in [-0.25, -0.2) is 22.9 Å². The lowest BCUT2D eigenvalue weighted by Gasteiger charge is -2.24. The molecule has 1 unspecified atom stereocenters. The Morgan fingerprint density at radius 1 is 0.952 bits per heavy atom. The quantitative estimate of drug-likeness (QED) is 0.162. The second kappa shape index (κ2) is 14.3. The maximum absolute atomic E-state index is 13.2. The van der Waals surface area contributed by atoms with Crippen LogP contribution in [0.25, 0.3) is 10.8 Å². The summed E-state index contributed by atoms with van der Waals surface area (Å²) >= 11 is 0. The van der Waals surface area contributed by atoms with Crippen molar-refractivity contribution in [2.75, 3.05) is 13.1 Å². The number of hydrogen-bond acceptors (Lipinski definition) is 6. The van der Waals surface area contributed by atoms with E-state index in [1.54, 1.807) is 56.3 Å². The molecule has 3 aromatic carbocycles. The molecule has 0 spiro atoms. The SMILES string of the molecule is CCN(CC)C(=O)C(Cc1ccc(N=C(N)N)cc1)C(=O)NS(=O)(=O)c1ccc2ccccc2c1.O=C(O)C(F)(F)F. The Hall–Kier alpha value is -4.66. The largest absolute Gasteiger partial charge is 0.490 e. The third-order valence-electron chi connectivity index (χ3n) is 5.83. The molecule has 11 nitrogen and oxygen atoms in total. The summed E-state index contributed by atoms with van der Waals surface area (Å²) in [6.45, 7) is 4.37. The number of carbonyl (C=O) groups is 3. The molecule has 0 aliphatic heterocycles. The van der Waals surface area contributed by atoms with Crippen LogP contribution in [0.15, 0.2) is 76.6 Å². The molecule has 15 heteroatoms. The first-order chi connectivity index (χ1) is 19.6. The van der Waals surface area contributed by atoms with E-state index in [1.165, 1.54) is 17.0 Å². The van der Waals surface area contributed by atoms with E-state index in [2.05, 4.69) is 9.71 Å². The number of amides is 2. The van der Waals surface area contributed by atoms with Gasteiger partial charge in [0, 0.05) is 13.1 Å². The highest BCUT2D eigenvalue weighted by Gasteiger charge is 2.38. The number of carbonyl (C=O) groups excluding carboxylic acids is 2. The van der Waals surface area contributed by atoms with Gasteiger partial charge in [-0.1, -0.05) is 42.5 Å². The molecule has 42 heavy (non-hydrogen) atoms. The van der Waals surface area contributed by atoms with Crippen molar-refractivity contribution in [3.8, 4) is 0 Å². The van der Waals surface area contributed by atoms with E-state index in [0.29, 0.717) is 24.3 Å². The number of aliphatic carboxylic acids is 1. The Morgan fingerprint density at radius 2 is 1.50 bits per heavy atom. The van der Waals surface area contributed by atoms with Crippen molar-refractivity contribution in [1.82, 2.24) is 9.62 Å². The van der Waals surface area contributed by atoms with Gasteiger partial charge in [0.15, 0.2) is 5.96 Å².